The number of benzene rings is 1. The standard InChI is InChI=1S/C17H19NO3S/c1-3-5-12-6-8-13(9-7-12)16(21-18-4-2)14-10-11-15(22-14)17(19)20/h4,6-11,16H,3,5H2,1-2H3,(H,19,20). The lowest BCUT2D eigenvalue weighted by Crippen LogP contribution is -2.01. The first kappa shape index (κ1) is 16.2. The Balaban J connectivity index is 2.29. The highest BCUT2D eigenvalue weighted by atomic mass is 32.1. The van der Waals surface area contributed by atoms with E-state index < -0.39 is 5.97 Å². The second-order valence-corrected chi connectivity index (χ2v) is 5.96. The third kappa shape index (κ3) is 3.95. The highest BCUT2D eigenvalue weighted by molar-refractivity contribution is 7.14. The molecule has 0 radical (unpaired) electrons. The van der Waals surface area contributed by atoms with E-state index >= 15 is 0 Å². The number of carbonyl (C=O) groups is 1. The lowest BCUT2D eigenvalue weighted by atomic mass is 10.0. The molecule has 1 unspecified atom stereocenters. The Kier molecular flexibility index (Phi) is 5.72. The van der Waals surface area contributed by atoms with Gasteiger partial charge < -0.3 is 9.94 Å². The van der Waals surface area contributed by atoms with Crippen molar-refractivity contribution in [3.05, 3.63) is 57.3 Å². The van der Waals surface area contributed by atoms with Crippen LogP contribution in [0.15, 0.2) is 41.6 Å². The van der Waals surface area contributed by atoms with Gasteiger partial charge in [-0.05, 0) is 31.0 Å². The van der Waals surface area contributed by atoms with Crippen LogP contribution in [0, 0.1) is 0 Å². The number of carboxylic acids is 1. The number of thiophene rings is 1. The number of oxime groups is 1. The molecule has 0 aliphatic heterocycles. The van der Waals surface area contributed by atoms with E-state index in [9.17, 15) is 4.79 Å². The molecule has 5 heteroatoms. The molecule has 22 heavy (non-hydrogen) atoms. The lowest BCUT2D eigenvalue weighted by Gasteiger charge is -2.14. The number of nitrogens with zero attached hydrogens (tertiary/aromatic N) is 1. The molecule has 2 aromatic rings. The third-order valence-electron chi connectivity index (χ3n) is 3.19. The van der Waals surface area contributed by atoms with Crippen molar-refractivity contribution in [2.45, 2.75) is 32.8 Å². The maximum absolute atomic E-state index is 11.0. The summed E-state index contributed by atoms with van der Waals surface area (Å²) in [7, 11) is 0. The van der Waals surface area contributed by atoms with Crippen molar-refractivity contribution >= 4 is 23.5 Å². The topological polar surface area (TPSA) is 58.9 Å². The molecule has 0 saturated heterocycles. The highest BCUT2D eigenvalue weighted by Crippen LogP contribution is 2.32. The van der Waals surface area contributed by atoms with E-state index in [1.54, 1.807) is 25.3 Å². The Morgan fingerprint density at radius 3 is 2.59 bits per heavy atom. The van der Waals surface area contributed by atoms with Crippen LogP contribution in [0.2, 0.25) is 0 Å². The Hall–Kier alpha value is -2.14. The van der Waals surface area contributed by atoms with Gasteiger partial charge in [0, 0.05) is 11.8 Å². The quantitative estimate of drug-likeness (QED) is 0.604. The summed E-state index contributed by atoms with van der Waals surface area (Å²) in [5.74, 6) is -0.924. The summed E-state index contributed by atoms with van der Waals surface area (Å²) in [5.41, 5.74) is 2.24. The predicted molar refractivity (Wildman–Crippen MR) is 88.8 cm³/mol. The summed E-state index contributed by atoms with van der Waals surface area (Å²) in [6, 6.07) is 11.6. The second kappa shape index (κ2) is 7.75. The van der Waals surface area contributed by atoms with Crippen molar-refractivity contribution in [2.24, 2.45) is 5.16 Å². The fourth-order valence-corrected chi connectivity index (χ4v) is 3.05. The fraction of sp³-hybridized carbons (Fsp3) is 0.294. The zero-order valence-corrected chi connectivity index (χ0v) is 13.5. The van der Waals surface area contributed by atoms with Gasteiger partial charge in [-0.2, -0.15) is 0 Å². The Labute approximate surface area is 134 Å². The molecule has 1 heterocycles. The minimum absolute atomic E-state index is 0.298. The van der Waals surface area contributed by atoms with E-state index in [1.165, 1.54) is 16.9 Å². The summed E-state index contributed by atoms with van der Waals surface area (Å²) in [4.78, 5) is 17.7. The average Bonchev–Trinajstić information content (AvgIpc) is 2.99. The van der Waals surface area contributed by atoms with Crippen LogP contribution in [0.25, 0.3) is 0 Å². The number of hydrogen-bond acceptors (Lipinski definition) is 4. The van der Waals surface area contributed by atoms with Crippen LogP contribution in [-0.2, 0) is 11.3 Å². The Morgan fingerprint density at radius 2 is 2.05 bits per heavy atom. The predicted octanol–water partition coefficient (Wildman–Crippen LogP) is 4.51. The van der Waals surface area contributed by atoms with E-state index in [0.29, 0.717) is 4.88 Å². The van der Waals surface area contributed by atoms with E-state index in [-0.39, 0.29) is 6.10 Å². The van der Waals surface area contributed by atoms with Gasteiger partial charge in [-0.1, -0.05) is 42.8 Å². The van der Waals surface area contributed by atoms with Crippen LogP contribution in [0.1, 0.15) is 52.0 Å². The third-order valence-corrected chi connectivity index (χ3v) is 4.31. The molecule has 0 bridgehead atoms. The minimum atomic E-state index is -0.924. The van der Waals surface area contributed by atoms with E-state index in [4.69, 9.17) is 9.94 Å². The van der Waals surface area contributed by atoms with Crippen LogP contribution in [0.4, 0.5) is 0 Å². The van der Waals surface area contributed by atoms with Crippen LogP contribution >= 0.6 is 11.3 Å². The zero-order chi connectivity index (χ0) is 15.9. The van der Waals surface area contributed by atoms with Gasteiger partial charge in [0.15, 0.2) is 6.10 Å². The van der Waals surface area contributed by atoms with Crippen molar-refractivity contribution in [1.82, 2.24) is 0 Å². The summed E-state index contributed by atoms with van der Waals surface area (Å²) >= 11 is 1.21. The molecular formula is C17H19NO3S. The molecule has 4 nitrogen and oxygen atoms in total. The minimum Gasteiger partial charge on any atom is -0.477 e. The van der Waals surface area contributed by atoms with Gasteiger partial charge in [0.1, 0.15) is 4.88 Å². The zero-order valence-electron chi connectivity index (χ0n) is 12.7. The van der Waals surface area contributed by atoms with Gasteiger partial charge >= 0.3 is 5.97 Å². The summed E-state index contributed by atoms with van der Waals surface area (Å²) in [5, 5.41) is 12.9. The lowest BCUT2D eigenvalue weighted by molar-refractivity contribution is 0.0702. The summed E-state index contributed by atoms with van der Waals surface area (Å²) in [6.07, 6.45) is 3.34. The fourth-order valence-electron chi connectivity index (χ4n) is 2.16. The summed E-state index contributed by atoms with van der Waals surface area (Å²) in [6.45, 7) is 3.92. The van der Waals surface area contributed by atoms with E-state index in [0.717, 1.165) is 23.3 Å². The molecule has 1 N–H and O–H groups in total. The molecule has 1 aromatic heterocycles. The van der Waals surface area contributed by atoms with Crippen molar-refractivity contribution in [2.75, 3.05) is 0 Å². The number of hydrogen-bond donors (Lipinski definition) is 1. The van der Waals surface area contributed by atoms with Gasteiger partial charge in [-0.15, -0.1) is 11.3 Å². The van der Waals surface area contributed by atoms with Crippen LogP contribution in [0.3, 0.4) is 0 Å². The van der Waals surface area contributed by atoms with Gasteiger partial charge in [0.2, 0.25) is 0 Å². The van der Waals surface area contributed by atoms with Gasteiger partial charge in [-0.3, -0.25) is 0 Å². The molecule has 0 aliphatic rings. The van der Waals surface area contributed by atoms with Crippen molar-refractivity contribution in [3.8, 4) is 0 Å². The maximum Gasteiger partial charge on any atom is 0.345 e. The maximum atomic E-state index is 11.0. The molecule has 0 amide bonds. The molecular weight excluding hydrogens is 298 g/mol. The molecule has 0 fully saturated rings. The number of rotatable bonds is 7. The number of aromatic carboxylic acids is 1. The van der Waals surface area contributed by atoms with E-state index in [2.05, 4.69) is 24.2 Å². The molecule has 0 saturated carbocycles. The first-order valence-corrected chi connectivity index (χ1v) is 8.03. The normalized spacial score (nSPS) is 12.5. The first-order chi connectivity index (χ1) is 10.7. The largest absolute Gasteiger partial charge is 0.477 e. The van der Waals surface area contributed by atoms with Crippen LogP contribution in [-0.4, -0.2) is 17.3 Å². The first-order valence-electron chi connectivity index (χ1n) is 7.21. The van der Waals surface area contributed by atoms with Gasteiger partial charge in [-0.25, -0.2) is 4.79 Å². The van der Waals surface area contributed by atoms with Crippen molar-refractivity contribution < 1.29 is 14.7 Å². The second-order valence-electron chi connectivity index (χ2n) is 4.85. The Bertz CT molecular complexity index is 646. The van der Waals surface area contributed by atoms with Gasteiger partial charge in [0.25, 0.3) is 0 Å². The van der Waals surface area contributed by atoms with E-state index in [1.807, 2.05) is 12.1 Å². The molecule has 1 aromatic carbocycles. The van der Waals surface area contributed by atoms with Crippen LogP contribution < -0.4 is 0 Å². The Morgan fingerprint density at radius 1 is 1.32 bits per heavy atom. The molecule has 1 atom stereocenters. The number of aryl methyl sites for hydroxylation is 1. The monoisotopic (exact) mass is 317 g/mol. The number of carboxylic acid groups (broad SMARTS) is 1. The molecule has 116 valence electrons. The van der Waals surface area contributed by atoms with Crippen molar-refractivity contribution in [3.63, 3.8) is 0 Å². The molecule has 2 rings (SSSR count). The molecule has 0 spiro atoms. The average molecular weight is 317 g/mol. The highest BCUT2D eigenvalue weighted by Gasteiger charge is 2.19. The smallest absolute Gasteiger partial charge is 0.345 e. The summed E-state index contributed by atoms with van der Waals surface area (Å²) < 4.78 is 0. The molecule has 0 aliphatic carbocycles. The van der Waals surface area contributed by atoms with Crippen molar-refractivity contribution in [1.29, 1.82) is 0 Å². The van der Waals surface area contributed by atoms with Gasteiger partial charge in [0.05, 0.1) is 4.88 Å². The van der Waals surface area contributed by atoms with Crippen LogP contribution in [0.5, 0.6) is 0 Å². The SMILES string of the molecule is CC=NOC(c1ccc(CCC)cc1)c1ccc(C(=O)O)s1.